The van der Waals surface area contributed by atoms with Gasteiger partial charge in [0.15, 0.2) is 0 Å². The van der Waals surface area contributed by atoms with E-state index in [0.29, 0.717) is 6.04 Å². The zero-order chi connectivity index (χ0) is 16.6. The molecule has 0 spiro atoms. The lowest BCUT2D eigenvalue weighted by Gasteiger charge is -2.38. The molecule has 1 aliphatic heterocycles. The highest BCUT2D eigenvalue weighted by atomic mass is 15.3. The van der Waals surface area contributed by atoms with E-state index in [4.69, 9.17) is 0 Å². The smallest absolute Gasteiger partial charge is 0.0395 e. The van der Waals surface area contributed by atoms with Gasteiger partial charge in [0.2, 0.25) is 0 Å². The third-order valence-electron chi connectivity index (χ3n) is 5.89. The minimum absolute atomic E-state index is 0.569. The third kappa shape index (κ3) is 2.76. The summed E-state index contributed by atoms with van der Waals surface area (Å²) < 4.78 is 0. The summed E-state index contributed by atoms with van der Waals surface area (Å²) in [5, 5.41) is 2.92. The van der Waals surface area contributed by atoms with E-state index in [1.54, 1.807) is 5.56 Å². The fourth-order valence-corrected chi connectivity index (χ4v) is 4.62. The molecule has 0 saturated carbocycles. The Morgan fingerprint density at radius 3 is 2.32 bits per heavy atom. The summed E-state index contributed by atoms with van der Waals surface area (Å²) in [5.41, 5.74) is 4.50. The van der Waals surface area contributed by atoms with Crippen molar-refractivity contribution in [1.29, 1.82) is 0 Å². The monoisotopic (exact) mass is 328 g/mol. The molecular weight excluding hydrogens is 304 g/mol. The SMILES string of the molecule is c1ccc(CN2CCN(C3Cc4cccc5cccc3c45)CC2)cc1. The molecule has 1 aliphatic carbocycles. The van der Waals surface area contributed by atoms with Gasteiger partial charge in [-0.2, -0.15) is 0 Å². The molecule has 0 aromatic heterocycles. The molecule has 2 aliphatic rings. The minimum atomic E-state index is 0.569. The normalized spacial score (nSPS) is 21.0. The van der Waals surface area contributed by atoms with Crippen LogP contribution in [0, 0.1) is 0 Å². The van der Waals surface area contributed by atoms with Gasteiger partial charge in [0.1, 0.15) is 0 Å². The maximum absolute atomic E-state index is 2.70. The first-order chi connectivity index (χ1) is 12.4. The van der Waals surface area contributed by atoms with Crippen molar-refractivity contribution >= 4 is 10.8 Å². The first-order valence-corrected chi connectivity index (χ1v) is 9.39. The van der Waals surface area contributed by atoms with Crippen molar-refractivity contribution in [2.75, 3.05) is 26.2 Å². The van der Waals surface area contributed by atoms with Gasteiger partial charge >= 0.3 is 0 Å². The van der Waals surface area contributed by atoms with Crippen molar-refractivity contribution < 1.29 is 0 Å². The van der Waals surface area contributed by atoms with E-state index in [2.05, 4.69) is 76.5 Å². The summed E-state index contributed by atoms with van der Waals surface area (Å²) in [7, 11) is 0. The molecule has 2 heteroatoms. The number of nitrogens with zero attached hydrogens (tertiary/aromatic N) is 2. The van der Waals surface area contributed by atoms with Gasteiger partial charge in [0.05, 0.1) is 0 Å². The van der Waals surface area contributed by atoms with Crippen LogP contribution < -0.4 is 0 Å². The summed E-state index contributed by atoms with van der Waals surface area (Å²) in [6.07, 6.45) is 1.18. The highest BCUT2D eigenvalue weighted by molar-refractivity contribution is 5.91. The molecule has 3 aromatic carbocycles. The van der Waals surface area contributed by atoms with Gasteiger partial charge < -0.3 is 0 Å². The van der Waals surface area contributed by atoms with E-state index in [9.17, 15) is 0 Å². The summed E-state index contributed by atoms with van der Waals surface area (Å²) in [5.74, 6) is 0. The molecule has 126 valence electrons. The molecule has 0 amide bonds. The molecule has 1 saturated heterocycles. The van der Waals surface area contributed by atoms with Gasteiger partial charge in [-0.25, -0.2) is 0 Å². The summed E-state index contributed by atoms with van der Waals surface area (Å²) in [4.78, 5) is 5.30. The van der Waals surface area contributed by atoms with Gasteiger partial charge in [-0.1, -0.05) is 66.7 Å². The van der Waals surface area contributed by atoms with Crippen molar-refractivity contribution in [3.05, 3.63) is 83.4 Å². The standard InChI is InChI=1S/C23H24N2/c1-2-6-18(7-3-1)17-24-12-14-25(15-13-24)22-16-20-10-4-8-19-9-5-11-21(22)23(19)20/h1-11,22H,12-17H2. The maximum Gasteiger partial charge on any atom is 0.0395 e. The molecule has 3 aromatic rings. The predicted octanol–water partition coefficient (Wildman–Crippen LogP) is 4.25. The first-order valence-electron chi connectivity index (χ1n) is 9.39. The number of benzene rings is 3. The summed E-state index contributed by atoms with van der Waals surface area (Å²) >= 11 is 0. The highest BCUT2D eigenvalue weighted by Crippen LogP contribution is 2.40. The van der Waals surface area contributed by atoms with Gasteiger partial charge in [0.25, 0.3) is 0 Å². The van der Waals surface area contributed by atoms with Crippen molar-refractivity contribution in [2.24, 2.45) is 0 Å². The largest absolute Gasteiger partial charge is 0.297 e. The van der Waals surface area contributed by atoms with Crippen LogP contribution >= 0.6 is 0 Å². The zero-order valence-corrected chi connectivity index (χ0v) is 14.6. The van der Waals surface area contributed by atoms with Gasteiger partial charge in [0, 0.05) is 38.8 Å². The molecule has 25 heavy (non-hydrogen) atoms. The second kappa shape index (κ2) is 6.29. The summed E-state index contributed by atoms with van der Waals surface area (Å²) in [6.45, 7) is 5.74. The van der Waals surface area contributed by atoms with Crippen LogP contribution in [0.5, 0.6) is 0 Å². The lowest BCUT2D eigenvalue weighted by molar-refractivity contribution is 0.0935. The Balaban J connectivity index is 1.30. The molecule has 2 nitrogen and oxygen atoms in total. The van der Waals surface area contributed by atoms with E-state index < -0.39 is 0 Å². The Bertz CT molecular complexity index is 874. The van der Waals surface area contributed by atoms with Crippen molar-refractivity contribution in [3.8, 4) is 0 Å². The van der Waals surface area contributed by atoms with Crippen LogP contribution in [-0.2, 0) is 13.0 Å². The van der Waals surface area contributed by atoms with E-state index in [-0.39, 0.29) is 0 Å². The fourth-order valence-electron chi connectivity index (χ4n) is 4.62. The summed E-state index contributed by atoms with van der Waals surface area (Å²) in [6, 6.07) is 25.0. The molecule has 0 radical (unpaired) electrons. The average Bonchev–Trinajstić information content (AvgIpc) is 3.04. The highest BCUT2D eigenvalue weighted by Gasteiger charge is 2.31. The van der Waals surface area contributed by atoms with Crippen LogP contribution in [-0.4, -0.2) is 36.0 Å². The van der Waals surface area contributed by atoms with Crippen molar-refractivity contribution in [1.82, 2.24) is 9.80 Å². The van der Waals surface area contributed by atoms with E-state index in [1.807, 2.05) is 0 Å². The van der Waals surface area contributed by atoms with Crippen molar-refractivity contribution in [2.45, 2.75) is 19.0 Å². The Kier molecular flexibility index (Phi) is 3.80. The van der Waals surface area contributed by atoms with Crippen LogP contribution in [0.2, 0.25) is 0 Å². The second-order valence-corrected chi connectivity index (χ2v) is 7.38. The van der Waals surface area contributed by atoms with Crippen LogP contribution in [0.1, 0.15) is 22.7 Å². The Labute approximate surface area is 149 Å². The van der Waals surface area contributed by atoms with Crippen LogP contribution in [0.3, 0.4) is 0 Å². The average molecular weight is 328 g/mol. The molecule has 1 fully saturated rings. The molecule has 0 N–H and O–H groups in total. The molecule has 0 bridgehead atoms. The Morgan fingerprint density at radius 1 is 0.760 bits per heavy atom. The Hall–Kier alpha value is -2.16. The van der Waals surface area contributed by atoms with Gasteiger partial charge in [-0.05, 0) is 33.9 Å². The first kappa shape index (κ1) is 15.1. The van der Waals surface area contributed by atoms with Gasteiger partial charge in [-0.15, -0.1) is 0 Å². The third-order valence-corrected chi connectivity index (χ3v) is 5.89. The van der Waals surface area contributed by atoms with Crippen LogP contribution in [0.4, 0.5) is 0 Å². The van der Waals surface area contributed by atoms with Crippen LogP contribution in [0.25, 0.3) is 10.8 Å². The molecular formula is C23H24N2. The molecule has 5 rings (SSSR count). The van der Waals surface area contributed by atoms with Crippen molar-refractivity contribution in [3.63, 3.8) is 0 Å². The number of piperazine rings is 1. The van der Waals surface area contributed by atoms with Crippen LogP contribution in [0.15, 0.2) is 66.7 Å². The van der Waals surface area contributed by atoms with Gasteiger partial charge in [-0.3, -0.25) is 9.80 Å². The van der Waals surface area contributed by atoms with E-state index in [0.717, 1.165) is 19.6 Å². The van der Waals surface area contributed by atoms with E-state index in [1.165, 1.54) is 41.4 Å². The number of hydrogen-bond acceptors (Lipinski definition) is 2. The number of hydrogen-bond donors (Lipinski definition) is 0. The van der Waals surface area contributed by atoms with E-state index >= 15 is 0 Å². The number of rotatable bonds is 3. The fraction of sp³-hybridized carbons (Fsp3) is 0.304. The molecule has 1 heterocycles. The lowest BCUT2D eigenvalue weighted by atomic mass is 10.0. The minimum Gasteiger partial charge on any atom is -0.297 e. The predicted molar refractivity (Wildman–Crippen MR) is 104 cm³/mol. The molecule has 1 atom stereocenters. The Morgan fingerprint density at radius 2 is 1.52 bits per heavy atom. The molecule has 1 unspecified atom stereocenters. The lowest BCUT2D eigenvalue weighted by Crippen LogP contribution is -2.47. The quantitative estimate of drug-likeness (QED) is 0.709. The zero-order valence-electron chi connectivity index (χ0n) is 14.6. The second-order valence-electron chi connectivity index (χ2n) is 7.38. The maximum atomic E-state index is 2.70. The topological polar surface area (TPSA) is 6.48 Å².